The van der Waals surface area contributed by atoms with E-state index in [0.29, 0.717) is 42.2 Å². The fraction of sp³-hybridized carbons (Fsp3) is 0.300. The summed E-state index contributed by atoms with van der Waals surface area (Å²) in [6.45, 7) is 0.687. The molecule has 136 valence electrons. The summed E-state index contributed by atoms with van der Waals surface area (Å²) in [7, 11) is 1.62. The zero-order valence-corrected chi connectivity index (χ0v) is 15.4. The third kappa shape index (κ3) is 4.35. The average molecular weight is 373 g/mol. The van der Waals surface area contributed by atoms with E-state index in [-0.39, 0.29) is 11.8 Å². The van der Waals surface area contributed by atoms with E-state index in [4.69, 9.17) is 16.3 Å². The minimum atomic E-state index is -0.0816. The molecule has 3 rings (SSSR count). The van der Waals surface area contributed by atoms with Crippen LogP contribution in [0.25, 0.3) is 0 Å². The summed E-state index contributed by atoms with van der Waals surface area (Å²) in [6.07, 6.45) is 2.42. The van der Waals surface area contributed by atoms with Crippen molar-refractivity contribution in [2.45, 2.75) is 25.7 Å². The minimum absolute atomic E-state index is 0.0816. The maximum Gasteiger partial charge on any atom is 0.227 e. The highest BCUT2D eigenvalue weighted by molar-refractivity contribution is 6.34. The van der Waals surface area contributed by atoms with Crippen LogP contribution in [0.1, 0.15) is 24.8 Å². The van der Waals surface area contributed by atoms with Crippen molar-refractivity contribution in [2.75, 3.05) is 23.9 Å². The predicted molar refractivity (Wildman–Crippen MR) is 103 cm³/mol. The first-order chi connectivity index (χ1) is 12.6. The molecular formula is C20H21ClN2O3. The number of benzene rings is 2. The van der Waals surface area contributed by atoms with Gasteiger partial charge in [-0.3, -0.25) is 9.59 Å². The largest absolute Gasteiger partial charge is 0.497 e. The van der Waals surface area contributed by atoms with E-state index in [0.717, 1.165) is 17.7 Å². The summed E-state index contributed by atoms with van der Waals surface area (Å²) in [5.41, 5.74) is 2.40. The van der Waals surface area contributed by atoms with Crippen LogP contribution < -0.4 is 15.0 Å². The Morgan fingerprint density at radius 2 is 2.00 bits per heavy atom. The Balaban J connectivity index is 1.57. The molecule has 1 saturated heterocycles. The van der Waals surface area contributed by atoms with Crippen molar-refractivity contribution in [3.05, 3.63) is 53.1 Å². The topological polar surface area (TPSA) is 58.6 Å². The molecule has 1 N–H and O–H groups in total. The first kappa shape index (κ1) is 18.3. The second kappa shape index (κ2) is 8.23. The highest BCUT2D eigenvalue weighted by Gasteiger charge is 2.23. The van der Waals surface area contributed by atoms with Gasteiger partial charge >= 0.3 is 0 Å². The van der Waals surface area contributed by atoms with Gasteiger partial charge in [-0.05, 0) is 48.7 Å². The van der Waals surface area contributed by atoms with Crippen molar-refractivity contribution < 1.29 is 14.3 Å². The molecule has 0 unspecified atom stereocenters. The summed E-state index contributed by atoms with van der Waals surface area (Å²) in [6, 6.07) is 12.9. The summed E-state index contributed by atoms with van der Waals surface area (Å²) >= 11 is 6.30. The third-order valence-electron chi connectivity index (χ3n) is 4.40. The molecule has 5 nitrogen and oxygen atoms in total. The maximum atomic E-state index is 12.2. The summed E-state index contributed by atoms with van der Waals surface area (Å²) < 4.78 is 5.12. The van der Waals surface area contributed by atoms with Gasteiger partial charge in [0.15, 0.2) is 0 Å². The monoisotopic (exact) mass is 372 g/mol. The molecule has 0 aromatic heterocycles. The standard InChI is InChI=1S/C20H21ClN2O3/c1-26-16-8-4-14(5-9-16)6-11-19(24)22-15-7-10-18(17(21)13-15)23-12-2-3-20(23)25/h4-5,7-10,13H,2-3,6,11-12H2,1H3,(H,22,24). The number of aryl methyl sites for hydroxylation is 1. The lowest BCUT2D eigenvalue weighted by Gasteiger charge is -2.18. The number of nitrogens with one attached hydrogen (secondary N) is 1. The molecule has 2 aromatic rings. The number of ether oxygens (including phenoxy) is 1. The van der Waals surface area contributed by atoms with Gasteiger partial charge in [-0.15, -0.1) is 0 Å². The van der Waals surface area contributed by atoms with Crippen molar-refractivity contribution in [1.82, 2.24) is 0 Å². The van der Waals surface area contributed by atoms with E-state index in [1.165, 1.54) is 0 Å². The lowest BCUT2D eigenvalue weighted by atomic mass is 10.1. The number of anilines is 2. The van der Waals surface area contributed by atoms with E-state index in [2.05, 4.69) is 5.32 Å². The molecule has 1 aliphatic rings. The van der Waals surface area contributed by atoms with Gasteiger partial charge < -0.3 is 15.0 Å². The number of hydrogen-bond acceptors (Lipinski definition) is 3. The number of carbonyl (C=O) groups is 2. The molecule has 1 aliphatic heterocycles. The van der Waals surface area contributed by atoms with Crippen molar-refractivity contribution in [1.29, 1.82) is 0 Å². The predicted octanol–water partition coefficient (Wildman–Crippen LogP) is 4.05. The van der Waals surface area contributed by atoms with Gasteiger partial charge in [0.05, 0.1) is 17.8 Å². The molecular weight excluding hydrogens is 352 g/mol. The Bertz CT molecular complexity index is 805. The lowest BCUT2D eigenvalue weighted by molar-refractivity contribution is -0.117. The number of rotatable bonds is 6. The highest BCUT2D eigenvalue weighted by Crippen LogP contribution is 2.31. The average Bonchev–Trinajstić information content (AvgIpc) is 3.06. The van der Waals surface area contributed by atoms with Crippen LogP contribution in [-0.2, 0) is 16.0 Å². The van der Waals surface area contributed by atoms with Crippen LogP contribution in [0.3, 0.4) is 0 Å². The van der Waals surface area contributed by atoms with Gasteiger partial charge in [-0.2, -0.15) is 0 Å². The molecule has 1 fully saturated rings. The van der Waals surface area contributed by atoms with Crippen molar-refractivity contribution in [3.63, 3.8) is 0 Å². The van der Waals surface area contributed by atoms with Gasteiger partial charge in [0.25, 0.3) is 0 Å². The summed E-state index contributed by atoms with van der Waals surface area (Å²) in [4.78, 5) is 25.7. The number of amides is 2. The van der Waals surface area contributed by atoms with Crippen molar-refractivity contribution >= 4 is 34.8 Å². The van der Waals surface area contributed by atoms with E-state index >= 15 is 0 Å². The molecule has 0 aliphatic carbocycles. The van der Waals surface area contributed by atoms with Gasteiger partial charge in [0.2, 0.25) is 11.8 Å². The van der Waals surface area contributed by atoms with Crippen LogP contribution in [-0.4, -0.2) is 25.5 Å². The fourth-order valence-corrected chi connectivity index (χ4v) is 3.26. The Kier molecular flexibility index (Phi) is 5.78. The Morgan fingerprint density at radius 1 is 1.23 bits per heavy atom. The maximum absolute atomic E-state index is 12.2. The molecule has 0 saturated carbocycles. The van der Waals surface area contributed by atoms with Gasteiger partial charge in [-0.25, -0.2) is 0 Å². The molecule has 26 heavy (non-hydrogen) atoms. The molecule has 0 atom stereocenters. The van der Waals surface area contributed by atoms with Gasteiger partial charge in [0, 0.05) is 25.1 Å². The van der Waals surface area contributed by atoms with Crippen LogP contribution in [0.4, 0.5) is 11.4 Å². The summed E-state index contributed by atoms with van der Waals surface area (Å²) in [5, 5.41) is 3.32. The first-order valence-corrected chi connectivity index (χ1v) is 8.97. The molecule has 0 spiro atoms. The van der Waals surface area contributed by atoms with Crippen molar-refractivity contribution in [3.8, 4) is 5.75 Å². The van der Waals surface area contributed by atoms with E-state index in [1.807, 2.05) is 24.3 Å². The number of hydrogen-bond donors (Lipinski definition) is 1. The minimum Gasteiger partial charge on any atom is -0.497 e. The Labute approximate surface area is 157 Å². The van der Waals surface area contributed by atoms with E-state index < -0.39 is 0 Å². The Morgan fingerprint density at radius 3 is 2.62 bits per heavy atom. The molecule has 0 bridgehead atoms. The Hall–Kier alpha value is -2.53. The SMILES string of the molecule is COc1ccc(CCC(=O)Nc2ccc(N3CCCC3=O)c(Cl)c2)cc1. The van der Waals surface area contributed by atoms with Gasteiger partial charge in [-0.1, -0.05) is 23.7 Å². The fourth-order valence-electron chi connectivity index (χ4n) is 2.98. The van der Waals surface area contributed by atoms with Crippen LogP contribution in [0.5, 0.6) is 5.75 Å². The number of carbonyl (C=O) groups excluding carboxylic acids is 2. The number of methoxy groups -OCH3 is 1. The highest BCUT2D eigenvalue weighted by atomic mass is 35.5. The van der Waals surface area contributed by atoms with E-state index in [1.54, 1.807) is 30.2 Å². The zero-order chi connectivity index (χ0) is 18.5. The second-order valence-corrected chi connectivity index (χ2v) is 6.62. The summed E-state index contributed by atoms with van der Waals surface area (Å²) in [5.74, 6) is 0.800. The van der Waals surface area contributed by atoms with Crippen LogP contribution in [0, 0.1) is 0 Å². The zero-order valence-electron chi connectivity index (χ0n) is 14.6. The smallest absolute Gasteiger partial charge is 0.227 e. The molecule has 6 heteroatoms. The van der Waals surface area contributed by atoms with Crippen LogP contribution >= 0.6 is 11.6 Å². The van der Waals surface area contributed by atoms with Gasteiger partial charge in [0.1, 0.15) is 5.75 Å². The van der Waals surface area contributed by atoms with Crippen molar-refractivity contribution in [2.24, 2.45) is 0 Å². The lowest BCUT2D eigenvalue weighted by Crippen LogP contribution is -2.24. The number of nitrogens with zero attached hydrogens (tertiary/aromatic N) is 1. The quantitative estimate of drug-likeness (QED) is 0.832. The normalized spacial score (nSPS) is 13.8. The molecule has 2 aromatic carbocycles. The van der Waals surface area contributed by atoms with Crippen LogP contribution in [0.2, 0.25) is 5.02 Å². The number of halogens is 1. The second-order valence-electron chi connectivity index (χ2n) is 6.21. The molecule has 0 radical (unpaired) electrons. The molecule has 2 amide bonds. The third-order valence-corrected chi connectivity index (χ3v) is 4.70. The van der Waals surface area contributed by atoms with E-state index in [9.17, 15) is 9.59 Å². The first-order valence-electron chi connectivity index (χ1n) is 8.59. The molecule has 1 heterocycles. The van der Waals surface area contributed by atoms with Crippen LogP contribution in [0.15, 0.2) is 42.5 Å².